The molecule has 6 aliphatic carbocycles. The second-order valence-electron chi connectivity index (χ2n) is 10.0. The normalized spacial score (nSPS) is 49.9. The molecule has 0 radical (unpaired) electrons. The summed E-state index contributed by atoms with van der Waals surface area (Å²) in [5.41, 5.74) is 0. The van der Waals surface area contributed by atoms with Crippen LogP contribution < -0.4 is 0 Å². The van der Waals surface area contributed by atoms with E-state index in [1.807, 2.05) is 0 Å². The summed E-state index contributed by atoms with van der Waals surface area (Å²) < 4.78 is 5.64. The number of ether oxygens (including phenoxy) is 1. The first kappa shape index (κ1) is 17.9. The van der Waals surface area contributed by atoms with Crippen molar-refractivity contribution in [2.24, 2.45) is 29.6 Å². The van der Waals surface area contributed by atoms with Crippen molar-refractivity contribution in [1.29, 1.82) is 0 Å². The standard InChI is InChI=1S/C22H30O6/c23-20(24-19-3-1-2-4-19)16-5-7-21(8-6-16)25-27-22(28-26-21)17-10-14-9-15(12-17)13-18(22)11-14/h1-2,14-19H,3-13H2. The summed E-state index contributed by atoms with van der Waals surface area (Å²) in [6, 6.07) is 0. The Bertz CT molecular complexity index is 616. The highest BCUT2D eigenvalue weighted by atomic mass is 17.4. The van der Waals surface area contributed by atoms with Crippen molar-refractivity contribution in [3.63, 3.8) is 0 Å². The Morgan fingerprint density at radius 2 is 1.39 bits per heavy atom. The quantitative estimate of drug-likeness (QED) is 0.400. The van der Waals surface area contributed by atoms with Crippen molar-refractivity contribution in [3.8, 4) is 0 Å². The van der Waals surface area contributed by atoms with Crippen LogP contribution in [-0.2, 0) is 29.1 Å². The largest absolute Gasteiger partial charge is 0.461 e. The molecule has 7 aliphatic rings. The van der Waals surface area contributed by atoms with Crippen LogP contribution in [0, 0.1) is 29.6 Å². The minimum atomic E-state index is -0.869. The van der Waals surface area contributed by atoms with Gasteiger partial charge in [-0.1, -0.05) is 12.2 Å². The van der Waals surface area contributed by atoms with Crippen LogP contribution in [0.5, 0.6) is 0 Å². The molecule has 1 heterocycles. The first-order chi connectivity index (χ1) is 13.6. The van der Waals surface area contributed by atoms with E-state index in [2.05, 4.69) is 12.2 Å². The van der Waals surface area contributed by atoms with Gasteiger partial charge in [-0.15, -0.1) is 0 Å². The van der Waals surface area contributed by atoms with Gasteiger partial charge in [0, 0.05) is 37.5 Å². The van der Waals surface area contributed by atoms with Gasteiger partial charge >= 0.3 is 5.97 Å². The number of hydrogen-bond acceptors (Lipinski definition) is 6. The number of carbonyl (C=O) groups excluding carboxylic acids is 1. The summed E-state index contributed by atoms with van der Waals surface area (Å²) in [4.78, 5) is 36.5. The molecule has 1 aliphatic heterocycles. The zero-order valence-corrected chi connectivity index (χ0v) is 16.3. The lowest BCUT2D eigenvalue weighted by Gasteiger charge is -2.60. The zero-order valence-electron chi connectivity index (χ0n) is 16.3. The van der Waals surface area contributed by atoms with Crippen LogP contribution in [0.1, 0.15) is 70.6 Å². The maximum atomic E-state index is 12.4. The molecule has 7 rings (SSSR count). The molecule has 5 saturated carbocycles. The van der Waals surface area contributed by atoms with Gasteiger partial charge in [-0.25, -0.2) is 0 Å². The molecule has 154 valence electrons. The Balaban J connectivity index is 1.06. The molecule has 28 heavy (non-hydrogen) atoms. The van der Waals surface area contributed by atoms with E-state index in [0.29, 0.717) is 37.5 Å². The average Bonchev–Trinajstić information content (AvgIpc) is 3.21. The maximum Gasteiger partial charge on any atom is 0.309 e. The monoisotopic (exact) mass is 390 g/mol. The fraction of sp³-hybridized carbons (Fsp3) is 0.864. The highest BCUT2D eigenvalue weighted by molar-refractivity contribution is 5.72. The number of esters is 1. The highest BCUT2D eigenvalue weighted by Crippen LogP contribution is 2.61. The van der Waals surface area contributed by atoms with Gasteiger partial charge in [0.2, 0.25) is 11.6 Å². The third kappa shape index (κ3) is 2.79. The Morgan fingerprint density at radius 3 is 1.96 bits per heavy atom. The highest BCUT2D eigenvalue weighted by Gasteiger charge is 2.64. The van der Waals surface area contributed by atoms with Crippen molar-refractivity contribution in [2.45, 2.75) is 88.3 Å². The first-order valence-corrected chi connectivity index (χ1v) is 11.2. The molecule has 4 bridgehead atoms. The van der Waals surface area contributed by atoms with Crippen LogP contribution in [0.2, 0.25) is 0 Å². The molecule has 6 fully saturated rings. The number of hydrogen-bond donors (Lipinski definition) is 0. The van der Waals surface area contributed by atoms with Crippen LogP contribution in [0.4, 0.5) is 0 Å². The van der Waals surface area contributed by atoms with Crippen molar-refractivity contribution in [1.82, 2.24) is 0 Å². The summed E-state index contributed by atoms with van der Waals surface area (Å²) in [7, 11) is 0. The third-order valence-corrected chi connectivity index (χ3v) is 8.25. The van der Waals surface area contributed by atoms with Crippen LogP contribution in [-0.4, -0.2) is 23.6 Å². The van der Waals surface area contributed by atoms with Gasteiger partial charge in [0.1, 0.15) is 6.10 Å². The Hall–Kier alpha value is -0.950. The average molecular weight is 390 g/mol. The van der Waals surface area contributed by atoms with E-state index in [9.17, 15) is 4.79 Å². The lowest BCUT2D eigenvalue weighted by Crippen LogP contribution is -2.64. The van der Waals surface area contributed by atoms with Crippen molar-refractivity contribution in [3.05, 3.63) is 12.2 Å². The molecule has 0 atom stereocenters. The van der Waals surface area contributed by atoms with E-state index in [-0.39, 0.29) is 18.0 Å². The van der Waals surface area contributed by atoms with E-state index in [0.717, 1.165) is 50.4 Å². The predicted octanol–water partition coefficient (Wildman–Crippen LogP) is 4.20. The van der Waals surface area contributed by atoms with E-state index in [1.165, 1.54) is 6.42 Å². The van der Waals surface area contributed by atoms with Gasteiger partial charge in [0.15, 0.2) is 0 Å². The number of rotatable bonds is 2. The van der Waals surface area contributed by atoms with Crippen molar-refractivity contribution in [2.75, 3.05) is 0 Å². The number of carbonyl (C=O) groups is 1. The molecule has 0 aromatic carbocycles. The molecule has 1 saturated heterocycles. The van der Waals surface area contributed by atoms with E-state index in [4.69, 9.17) is 24.3 Å². The first-order valence-electron chi connectivity index (χ1n) is 11.2. The molecule has 0 amide bonds. The molecule has 6 heteroatoms. The van der Waals surface area contributed by atoms with Crippen molar-refractivity contribution < 1.29 is 29.1 Å². The fourth-order valence-electron chi connectivity index (χ4n) is 6.83. The van der Waals surface area contributed by atoms with E-state index < -0.39 is 11.6 Å². The van der Waals surface area contributed by atoms with Gasteiger partial charge in [-0.3, -0.25) is 4.79 Å². The maximum absolute atomic E-state index is 12.4. The Labute approximate surface area is 165 Å². The molecule has 0 aromatic heterocycles. The SMILES string of the molecule is O=C(OC1CC=CC1)C1CCC2(CC1)OOC1(OO2)C2CC3CC(C2)CC1C3. The smallest absolute Gasteiger partial charge is 0.309 e. The van der Waals surface area contributed by atoms with Crippen LogP contribution in [0.15, 0.2) is 12.2 Å². The second kappa shape index (κ2) is 6.53. The molecular weight excluding hydrogens is 360 g/mol. The molecule has 0 aromatic rings. The van der Waals surface area contributed by atoms with Gasteiger partial charge in [-0.2, -0.15) is 19.6 Å². The summed E-state index contributed by atoms with van der Waals surface area (Å²) in [6.07, 6.45) is 14.4. The Kier molecular flexibility index (Phi) is 4.16. The lowest BCUT2D eigenvalue weighted by molar-refractivity contribution is -0.680. The van der Waals surface area contributed by atoms with Gasteiger partial charge in [-0.05, 0) is 56.8 Å². The fourth-order valence-corrected chi connectivity index (χ4v) is 6.83. The van der Waals surface area contributed by atoms with Gasteiger partial charge < -0.3 is 4.74 Å². The van der Waals surface area contributed by atoms with Crippen molar-refractivity contribution >= 4 is 5.97 Å². The summed E-state index contributed by atoms with van der Waals surface area (Å²) in [6.45, 7) is 0. The van der Waals surface area contributed by atoms with Crippen LogP contribution in [0.25, 0.3) is 0 Å². The lowest BCUT2D eigenvalue weighted by atomic mass is 9.53. The molecule has 2 spiro atoms. The topological polar surface area (TPSA) is 63.2 Å². The van der Waals surface area contributed by atoms with E-state index in [1.54, 1.807) is 0 Å². The zero-order chi connectivity index (χ0) is 18.8. The summed E-state index contributed by atoms with van der Waals surface area (Å²) >= 11 is 0. The molecular formula is C22H30O6. The van der Waals surface area contributed by atoms with Crippen LogP contribution >= 0.6 is 0 Å². The predicted molar refractivity (Wildman–Crippen MR) is 97.1 cm³/mol. The molecule has 6 nitrogen and oxygen atoms in total. The third-order valence-electron chi connectivity index (χ3n) is 8.25. The minimum Gasteiger partial charge on any atom is -0.461 e. The molecule has 0 N–H and O–H groups in total. The summed E-state index contributed by atoms with van der Waals surface area (Å²) in [5, 5.41) is 0. The minimum absolute atomic E-state index is 0.0222. The van der Waals surface area contributed by atoms with Gasteiger partial charge in [0.25, 0.3) is 0 Å². The second-order valence-corrected chi connectivity index (χ2v) is 10.0. The van der Waals surface area contributed by atoms with E-state index >= 15 is 0 Å². The van der Waals surface area contributed by atoms with Gasteiger partial charge in [0.05, 0.1) is 5.92 Å². The Morgan fingerprint density at radius 1 is 0.821 bits per heavy atom. The van der Waals surface area contributed by atoms with Crippen LogP contribution in [0.3, 0.4) is 0 Å². The summed E-state index contributed by atoms with van der Waals surface area (Å²) in [5.74, 6) is 0.671. The molecule has 0 unspecified atom stereocenters.